The number of ether oxygens (including phenoxy) is 2. The highest BCUT2D eigenvalue weighted by molar-refractivity contribution is 8.00. The van der Waals surface area contributed by atoms with Crippen LogP contribution in [-0.4, -0.2) is 18.3 Å². The number of halogens is 1. The maximum absolute atomic E-state index is 12.2. The number of hydrogen-bond acceptors (Lipinski definition) is 4. The first-order chi connectivity index (χ1) is 9.74. The van der Waals surface area contributed by atoms with Gasteiger partial charge in [-0.2, -0.15) is 0 Å². The molecule has 0 saturated heterocycles. The number of carbonyl (C=O) groups is 1. The molecular weight excluding hydrogens is 296 g/mol. The van der Waals surface area contributed by atoms with Gasteiger partial charge in [-0.15, -0.1) is 11.8 Å². The largest absolute Gasteiger partial charge is 0.454 e. The minimum Gasteiger partial charge on any atom is -0.454 e. The minimum absolute atomic E-state index is 0.0258. The number of ketones is 1. The lowest BCUT2D eigenvalue weighted by Gasteiger charge is -2.05. The molecule has 0 bridgehead atoms. The highest BCUT2D eigenvalue weighted by Crippen LogP contribution is 2.37. The standard InChI is InChI=1S/C15H11ClO3S/c16-12-7-15-14(18-9-19-15)6-11(12)13(17)8-20-10-4-2-1-3-5-10/h1-7H,8-9H2. The van der Waals surface area contributed by atoms with E-state index in [0.29, 0.717) is 27.8 Å². The zero-order valence-corrected chi connectivity index (χ0v) is 12.0. The Morgan fingerprint density at radius 3 is 2.60 bits per heavy atom. The molecule has 0 amide bonds. The first kappa shape index (κ1) is 13.3. The first-order valence-corrected chi connectivity index (χ1v) is 7.40. The van der Waals surface area contributed by atoms with Gasteiger partial charge < -0.3 is 9.47 Å². The second-order valence-corrected chi connectivity index (χ2v) is 5.67. The van der Waals surface area contributed by atoms with E-state index in [9.17, 15) is 4.79 Å². The van der Waals surface area contributed by atoms with Gasteiger partial charge in [0.1, 0.15) is 0 Å². The Hall–Kier alpha value is -1.65. The molecule has 5 heteroatoms. The molecule has 102 valence electrons. The van der Waals surface area contributed by atoms with Gasteiger partial charge in [-0.3, -0.25) is 4.79 Å². The normalized spacial score (nSPS) is 12.4. The lowest BCUT2D eigenvalue weighted by Crippen LogP contribution is -2.03. The SMILES string of the molecule is O=C(CSc1ccccc1)c1cc2c(cc1Cl)OCO2. The fraction of sp³-hybridized carbons (Fsp3) is 0.133. The Labute approximate surface area is 125 Å². The number of hydrogen-bond donors (Lipinski definition) is 0. The molecule has 0 aromatic heterocycles. The van der Waals surface area contributed by atoms with Crippen LogP contribution in [0, 0.1) is 0 Å². The van der Waals surface area contributed by atoms with Crippen molar-refractivity contribution in [2.24, 2.45) is 0 Å². The predicted octanol–water partition coefficient (Wildman–Crippen LogP) is 4.04. The third-order valence-corrected chi connectivity index (χ3v) is 4.20. The molecular formula is C15H11ClO3S. The van der Waals surface area contributed by atoms with E-state index >= 15 is 0 Å². The molecule has 0 unspecified atom stereocenters. The maximum Gasteiger partial charge on any atom is 0.231 e. The molecule has 0 fully saturated rings. The van der Waals surface area contributed by atoms with E-state index in [2.05, 4.69) is 0 Å². The van der Waals surface area contributed by atoms with Gasteiger partial charge in [0.15, 0.2) is 17.3 Å². The monoisotopic (exact) mass is 306 g/mol. The first-order valence-electron chi connectivity index (χ1n) is 6.04. The van der Waals surface area contributed by atoms with Crippen molar-refractivity contribution >= 4 is 29.1 Å². The van der Waals surface area contributed by atoms with Crippen LogP contribution in [0.15, 0.2) is 47.4 Å². The van der Waals surface area contributed by atoms with Crippen molar-refractivity contribution < 1.29 is 14.3 Å². The van der Waals surface area contributed by atoms with E-state index in [4.69, 9.17) is 21.1 Å². The summed E-state index contributed by atoms with van der Waals surface area (Å²) >= 11 is 7.60. The second kappa shape index (κ2) is 5.77. The Morgan fingerprint density at radius 2 is 1.85 bits per heavy atom. The maximum atomic E-state index is 12.2. The van der Waals surface area contributed by atoms with Gasteiger partial charge in [-0.25, -0.2) is 0 Å². The average molecular weight is 307 g/mol. The van der Waals surface area contributed by atoms with Gasteiger partial charge in [0.05, 0.1) is 10.8 Å². The van der Waals surface area contributed by atoms with Crippen LogP contribution in [0.5, 0.6) is 11.5 Å². The summed E-state index contributed by atoms with van der Waals surface area (Å²) in [5.74, 6) is 1.47. The second-order valence-electron chi connectivity index (χ2n) is 4.21. The highest BCUT2D eigenvalue weighted by Gasteiger charge is 2.20. The van der Waals surface area contributed by atoms with Crippen LogP contribution in [0.3, 0.4) is 0 Å². The van der Waals surface area contributed by atoms with Crippen LogP contribution in [0.25, 0.3) is 0 Å². The minimum atomic E-state index is -0.0258. The molecule has 20 heavy (non-hydrogen) atoms. The molecule has 0 aliphatic carbocycles. The zero-order chi connectivity index (χ0) is 13.9. The van der Waals surface area contributed by atoms with Gasteiger partial charge in [-0.1, -0.05) is 29.8 Å². The summed E-state index contributed by atoms with van der Waals surface area (Å²) in [6.45, 7) is 0.169. The van der Waals surface area contributed by atoms with E-state index in [1.165, 1.54) is 11.8 Å². The van der Waals surface area contributed by atoms with Crippen molar-refractivity contribution in [1.82, 2.24) is 0 Å². The third-order valence-electron chi connectivity index (χ3n) is 2.88. The summed E-state index contributed by atoms with van der Waals surface area (Å²) in [6, 6.07) is 13.1. The number of benzene rings is 2. The molecule has 0 spiro atoms. The summed E-state index contributed by atoms with van der Waals surface area (Å²) < 4.78 is 10.5. The predicted molar refractivity (Wildman–Crippen MR) is 79.1 cm³/mol. The van der Waals surface area contributed by atoms with Crippen LogP contribution >= 0.6 is 23.4 Å². The van der Waals surface area contributed by atoms with Gasteiger partial charge >= 0.3 is 0 Å². The Bertz CT molecular complexity index is 643. The van der Waals surface area contributed by atoms with Gasteiger partial charge in [0.2, 0.25) is 6.79 Å². The molecule has 3 nitrogen and oxygen atoms in total. The zero-order valence-electron chi connectivity index (χ0n) is 10.5. The molecule has 1 aliphatic rings. The topological polar surface area (TPSA) is 35.5 Å². The molecule has 0 atom stereocenters. The molecule has 1 aliphatic heterocycles. The van der Waals surface area contributed by atoms with Gasteiger partial charge in [0.25, 0.3) is 0 Å². The van der Waals surface area contributed by atoms with Crippen LogP contribution in [0.1, 0.15) is 10.4 Å². The number of fused-ring (bicyclic) bond motifs is 1. The fourth-order valence-electron chi connectivity index (χ4n) is 1.87. The van der Waals surface area contributed by atoms with Crippen LogP contribution in [-0.2, 0) is 0 Å². The molecule has 1 heterocycles. The molecule has 3 rings (SSSR count). The van der Waals surface area contributed by atoms with Crippen molar-refractivity contribution in [3.8, 4) is 11.5 Å². The number of thioether (sulfide) groups is 1. The van der Waals surface area contributed by atoms with Crippen LogP contribution < -0.4 is 9.47 Å². The molecule has 0 N–H and O–H groups in total. The summed E-state index contributed by atoms with van der Waals surface area (Å²) in [6.07, 6.45) is 0. The lowest BCUT2D eigenvalue weighted by atomic mass is 10.1. The molecule has 0 radical (unpaired) electrons. The van der Waals surface area contributed by atoms with E-state index in [0.717, 1.165) is 4.90 Å². The Balaban J connectivity index is 1.74. The van der Waals surface area contributed by atoms with Crippen molar-refractivity contribution in [1.29, 1.82) is 0 Å². The Kier molecular flexibility index (Phi) is 3.85. The highest BCUT2D eigenvalue weighted by atomic mass is 35.5. The van der Waals surface area contributed by atoms with Crippen LogP contribution in [0.2, 0.25) is 5.02 Å². The van der Waals surface area contributed by atoms with E-state index in [1.807, 2.05) is 30.3 Å². The summed E-state index contributed by atoms with van der Waals surface area (Å²) in [4.78, 5) is 13.3. The average Bonchev–Trinajstić information content (AvgIpc) is 2.92. The van der Waals surface area contributed by atoms with E-state index < -0.39 is 0 Å². The molecule has 2 aromatic rings. The van der Waals surface area contributed by atoms with E-state index in [1.54, 1.807) is 12.1 Å². The number of carbonyl (C=O) groups excluding carboxylic acids is 1. The third kappa shape index (κ3) is 2.76. The van der Waals surface area contributed by atoms with Gasteiger partial charge in [0, 0.05) is 16.5 Å². The van der Waals surface area contributed by atoms with Crippen molar-refractivity contribution in [3.63, 3.8) is 0 Å². The van der Waals surface area contributed by atoms with Crippen LogP contribution in [0.4, 0.5) is 0 Å². The van der Waals surface area contributed by atoms with Crippen molar-refractivity contribution in [3.05, 3.63) is 53.1 Å². The van der Waals surface area contributed by atoms with Gasteiger partial charge in [-0.05, 0) is 18.2 Å². The lowest BCUT2D eigenvalue weighted by molar-refractivity contribution is 0.102. The van der Waals surface area contributed by atoms with Crippen molar-refractivity contribution in [2.45, 2.75) is 4.90 Å². The molecule has 2 aromatic carbocycles. The number of rotatable bonds is 4. The van der Waals surface area contributed by atoms with E-state index in [-0.39, 0.29) is 12.6 Å². The smallest absolute Gasteiger partial charge is 0.231 e. The summed E-state index contributed by atoms with van der Waals surface area (Å²) in [5.41, 5.74) is 0.472. The fourth-order valence-corrected chi connectivity index (χ4v) is 2.94. The quantitative estimate of drug-likeness (QED) is 0.631. The summed E-state index contributed by atoms with van der Waals surface area (Å²) in [5, 5.41) is 0.396. The molecule has 0 saturated carbocycles. The number of Topliss-reactive ketones (excluding diaryl/α,β-unsaturated/α-hetero) is 1. The van der Waals surface area contributed by atoms with Crippen molar-refractivity contribution in [2.75, 3.05) is 12.5 Å². The summed E-state index contributed by atoms with van der Waals surface area (Å²) in [7, 11) is 0. The Morgan fingerprint density at radius 1 is 1.15 bits per heavy atom.